The number of alkyl halides is 3. The summed E-state index contributed by atoms with van der Waals surface area (Å²) >= 11 is 1.08. The number of fused-ring (bicyclic) bond motifs is 1. The zero-order valence-electron chi connectivity index (χ0n) is 17.4. The number of halogens is 3. The van der Waals surface area contributed by atoms with Crippen molar-refractivity contribution in [2.45, 2.75) is 53.1 Å². The smallest absolute Gasteiger partial charge is 0.322 e. The van der Waals surface area contributed by atoms with Crippen LogP contribution in [0.1, 0.15) is 53.6 Å². The van der Waals surface area contributed by atoms with Crippen molar-refractivity contribution in [2.75, 3.05) is 10.6 Å². The summed E-state index contributed by atoms with van der Waals surface area (Å²) in [6.07, 6.45) is -2.92. The van der Waals surface area contributed by atoms with Crippen LogP contribution >= 0.6 is 11.3 Å². The fourth-order valence-electron chi connectivity index (χ4n) is 3.74. The van der Waals surface area contributed by atoms with Gasteiger partial charge in [0.15, 0.2) is 0 Å². The third kappa shape index (κ3) is 4.86. The summed E-state index contributed by atoms with van der Waals surface area (Å²) in [7, 11) is 0. The zero-order chi connectivity index (χ0) is 22.3. The Balaban J connectivity index is 1.98. The maximum Gasteiger partial charge on any atom is 0.471 e. The number of rotatable bonds is 3. The molecule has 3 rings (SSSR count). The Morgan fingerprint density at radius 2 is 1.83 bits per heavy atom. The molecule has 1 aromatic heterocycles. The van der Waals surface area contributed by atoms with E-state index in [1.54, 1.807) is 18.2 Å². The monoisotopic (exact) mass is 438 g/mol. The molecule has 4 nitrogen and oxygen atoms in total. The molecule has 162 valence electrons. The second-order valence-electron chi connectivity index (χ2n) is 8.79. The lowest BCUT2D eigenvalue weighted by Gasteiger charge is -2.33. The molecular formula is C22H25F3N2O2S. The van der Waals surface area contributed by atoms with Crippen LogP contribution in [0.3, 0.4) is 0 Å². The van der Waals surface area contributed by atoms with E-state index in [1.807, 2.05) is 18.3 Å². The van der Waals surface area contributed by atoms with E-state index in [0.717, 1.165) is 33.8 Å². The largest absolute Gasteiger partial charge is 0.471 e. The Kier molecular flexibility index (Phi) is 6.00. The highest BCUT2D eigenvalue weighted by molar-refractivity contribution is 7.17. The molecule has 1 unspecified atom stereocenters. The lowest BCUT2D eigenvalue weighted by atomic mass is 9.72. The zero-order valence-corrected chi connectivity index (χ0v) is 18.2. The number of hydrogen-bond acceptors (Lipinski definition) is 3. The molecule has 2 amide bonds. The number of carbonyl (C=O) groups is 2. The van der Waals surface area contributed by atoms with Gasteiger partial charge in [-0.15, -0.1) is 11.3 Å². The van der Waals surface area contributed by atoms with Crippen molar-refractivity contribution in [2.24, 2.45) is 11.3 Å². The summed E-state index contributed by atoms with van der Waals surface area (Å²) in [5, 5.41) is 4.66. The van der Waals surface area contributed by atoms with Crippen LogP contribution in [0.15, 0.2) is 24.3 Å². The second-order valence-corrected chi connectivity index (χ2v) is 9.89. The lowest BCUT2D eigenvalue weighted by Crippen LogP contribution is -2.30. The minimum absolute atomic E-state index is 0.0398. The Morgan fingerprint density at radius 1 is 1.13 bits per heavy atom. The highest BCUT2D eigenvalue weighted by Gasteiger charge is 2.41. The average Bonchev–Trinajstić information content (AvgIpc) is 2.97. The lowest BCUT2D eigenvalue weighted by molar-refractivity contribution is -0.167. The quantitative estimate of drug-likeness (QED) is 0.621. The Hall–Kier alpha value is -2.35. The summed E-state index contributed by atoms with van der Waals surface area (Å²) in [5.41, 5.74) is 2.42. The van der Waals surface area contributed by atoms with Crippen molar-refractivity contribution in [3.63, 3.8) is 0 Å². The molecule has 0 saturated heterocycles. The molecule has 30 heavy (non-hydrogen) atoms. The van der Waals surface area contributed by atoms with Gasteiger partial charge in [0.05, 0.1) is 5.56 Å². The summed E-state index contributed by atoms with van der Waals surface area (Å²) in [4.78, 5) is 25.5. The van der Waals surface area contributed by atoms with Gasteiger partial charge < -0.3 is 10.6 Å². The first-order valence-electron chi connectivity index (χ1n) is 9.77. The topological polar surface area (TPSA) is 58.2 Å². The fourth-order valence-corrected chi connectivity index (χ4v) is 5.06. The van der Waals surface area contributed by atoms with Gasteiger partial charge in [-0.1, -0.05) is 32.9 Å². The molecule has 1 aliphatic carbocycles. The van der Waals surface area contributed by atoms with Crippen molar-refractivity contribution in [3.05, 3.63) is 45.8 Å². The first kappa shape index (κ1) is 22.3. The first-order valence-corrected chi connectivity index (χ1v) is 10.6. The predicted molar refractivity (Wildman–Crippen MR) is 113 cm³/mol. The van der Waals surface area contributed by atoms with Gasteiger partial charge in [0.1, 0.15) is 5.00 Å². The number of aryl methyl sites for hydroxylation is 1. The highest BCUT2D eigenvalue weighted by atomic mass is 32.1. The van der Waals surface area contributed by atoms with Gasteiger partial charge in [-0.3, -0.25) is 9.59 Å². The molecule has 1 aromatic carbocycles. The maximum absolute atomic E-state index is 13.1. The maximum atomic E-state index is 13.1. The van der Waals surface area contributed by atoms with Gasteiger partial charge in [0.2, 0.25) is 0 Å². The van der Waals surface area contributed by atoms with Gasteiger partial charge in [0.25, 0.3) is 5.91 Å². The van der Waals surface area contributed by atoms with Gasteiger partial charge in [-0.25, -0.2) is 0 Å². The van der Waals surface area contributed by atoms with Crippen LogP contribution in [0.5, 0.6) is 0 Å². The molecule has 0 spiro atoms. The average molecular weight is 439 g/mol. The van der Waals surface area contributed by atoms with Gasteiger partial charge >= 0.3 is 12.1 Å². The van der Waals surface area contributed by atoms with Crippen LogP contribution in [0, 0.1) is 18.3 Å². The van der Waals surface area contributed by atoms with Crippen LogP contribution in [0.25, 0.3) is 0 Å². The minimum atomic E-state index is -5.03. The van der Waals surface area contributed by atoms with E-state index >= 15 is 0 Å². The van der Waals surface area contributed by atoms with Crippen LogP contribution in [-0.2, 0) is 17.6 Å². The molecule has 2 N–H and O–H groups in total. The number of hydrogen-bond donors (Lipinski definition) is 2. The number of carbonyl (C=O) groups excluding carboxylic acids is 2. The van der Waals surface area contributed by atoms with Crippen molar-refractivity contribution < 1.29 is 22.8 Å². The third-order valence-corrected chi connectivity index (χ3v) is 6.65. The van der Waals surface area contributed by atoms with Crippen LogP contribution in [0.2, 0.25) is 0 Å². The second kappa shape index (κ2) is 8.06. The molecule has 0 aliphatic heterocycles. The molecule has 1 aliphatic rings. The Labute approximate surface area is 177 Å². The molecule has 1 heterocycles. The number of thiophene rings is 1. The van der Waals surface area contributed by atoms with E-state index in [4.69, 9.17) is 0 Å². The molecule has 1 atom stereocenters. The minimum Gasteiger partial charge on any atom is -0.322 e. The van der Waals surface area contributed by atoms with Crippen molar-refractivity contribution in [1.82, 2.24) is 0 Å². The van der Waals surface area contributed by atoms with Crippen molar-refractivity contribution in [1.29, 1.82) is 0 Å². The van der Waals surface area contributed by atoms with E-state index in [0.29, 0.717) is 24.4 Å². The van der Waals surface area contributed by atoms with E-state index in [-0.39, 0.29) is 16.0 Å². The normalized spacial score (nSPS) is 16.7. The van der Waals surface area contributed by atoms with Crippen LogP contribution < -0.4 is 10.6 Å². The summed E-state index contributed by atoms with van der Waals surface area (Å²) < 4.78 is 38.6. The number of nitrogens with one attached hydrogen (secondary N) is 2. The molecule has 0 radical (unpaired) electrons. The van der Waals surface area contributed by atoms with E-state index in [9.17, 15) is 22.8 Å². The fraction of sp³-hybridized carbons (Fsp3) is 0.455. The summed E-state index contributed by atoms with van der Waals surface area (Å²) in [6.45, 7) is 8.28. The standard InChI is InChI=1S/C22H25F3N2O2S/c1-12-6-5-7-14(10-12)26-18(28)17-15-9-8-13(21(2,3)4)11-16(15)30-19(17)27-20(29)22(23,24)25/h5-7,10,13H,8-9,11H2,1-4H3,(H,26,28)(H,27,29). The van der Waals surface area contributed by atoms with E-state index in [1.165, 1.54) is 0 Å². The number of benzene rings is 1. The third-order valence-electron chi connectivity index (χ3n) is 5.48. The molecule has 2 aromatic rings. The van der Waals surface area contributed by atoms with Gasteiger partial charge in [-0.05, 0) is 60.8 Å². The van der Waals surface area contributed by atoms with Crippen LogP contribution in [0.4, 0.5) is 23.9 Å². The number of amides is 2. The van der Waals surface area contributed by atoms with Crippen LogP contribution in [-0.4, -0.2) is 18.0 Å². The Morgan fingerprint density at radius 3 is 2.43 bits per heavy atom. The highest BCUT2D eigenvalue weighted by Crippen LogP contribution is 2.44. The van der Waals surface area contributed by atoms with Crippen molar-refractivity contribution in [3.8, 4) is 0 Å². The predicted octanol–water partition coefficient (Wildman–Crippen LogP) is 5.96. The molecule has 0 fully saturated rings. The van der Waals surface area contributed by atoms with Crippen molar-refractivity contribution >= 4 is 33.8 Å². The molecule has 0 bridgehead atoms. The SMILES string of the molecule is Cc1cccc(NC(=O)c2c(NC(=O)C(F)(F)F)sc3c2CCC(C(C)(C)C)C3)c1. The van der Waals surface area contributed by atoms with E-state index in [2.05, 4.69) is 26.1 Å². The number of anilines is 2. The van der Waals surface area contributed by atoms with Gasteiger partial charge in [0, 0.05) is 10.6 Å². The summed E-state index contributed by atoms with van der Waals surface area (Å²) in [5.74, 6) is -2.23. The van der Waals surface area contributed by atoms with Gasteiger partial charge in [-0.2, -0.15) is 13.2 Å². The summed E-state index contributed by atoms with van der Waals surface area (Å²) in [6, 6.07) is 7.16. The molecule has 8 heteroatoms. The first-order chi connectivity index (χ1) is 13.9. The Bertz CT molecular complexity index is 974. The molecule has 0 saturated carbocycles. The molecular weight excluding hydrogens is 413 g/mol. The van der Waals surface area contributed by atoms with E-state index < -0.39 is 18.0 Å².